The van der Waals surface area contributed by atoms with Gasteiger partial charge in [0.15, 0.2) is 0 Å². The Balaban J connectivity index is -0.000000107. The summed E-state index contributed by atoms with van der Waals surface area (Å²) in [5.41, 5.74) is 0. The van der Waals surface area contributed by atoms with Gasteiger partial charge in [-0.15, -0.1) is 0 Å². The van der Waals surface area contributed by atoms with E-state index >= 15 is 0 Å². The molecule has 0 saturated carbocycles. The van der Waals surface area contributed by atoms with E-state index in [2.05, 4.69) is 4.74 Å². The molecule has 0 amide bonds. The van der Waals surface area contributed by atoms with Crippen LogP contribution in [-0.4, -0.2) is 47.2 Å². The van der Waals surface area contributed by atoms with Crippen LogP contribution in [0, 0.1) is 0 Å². The number of hydrogen-bond acceptors (Lipinski definition) is 3. The molecule has 4 nitrogen and oxygen atoms in total. The first-order chi connectivity index (χ1) is 4.16. The molecule has 0 unspecified atom stereocenters. The zero-order valence-electron chi connectivity index (χ0n) is 7.53. The fraction of sp³-hybridized carbons (Fsp3) is 0.200. The smallest absolute Gasteiger partial charge is 1.00 e. The summed E-state index contributed by atoms with van der Waals surface area (Å²) in [4.78, 5) is 19.9. The van der Waals surface area contributed by atoms with E-state index in [-0.39, 0.29) is 25.9 Å². The molecule has 0 radical (unpaired) electrons. The van der Waals surface area contributed by atoms with Crippen molar-refractivity contribution in [3.63, 3.8) is 0 Å². The van der Waals surface area contributed by atoms with Crippen molar-refractivity contribution in [2.24, 2.45) is 0 Å². The Morgan fingerprint density at radius 3 is 2.30 bits per heavy atom. The van der Waals surface area contributed by atoms with E-state index in [1.807, 2.05) is 0 Å². The molecule has 0 bridgehead atoms. The topological polar surface area (TPSA) is 63.6 Å². The summed E-state index contributed by atoms with van der Waals surface area (Å²) in [5, 5.41) is 7.96. The first-order valence-electron chi connectivity index (χ1n) is 2.15. The van der Waals surface area contributed by atoms with Gasteiger partial charge in [0.05, 0.1) is 7.11 Å². The van der Waals surface area contributed by atoms with Crippen LogP contribution in [0.15, 0.2) is 12.2 Å². The second kappa shape index (κ2) is 6.56. The first kappa shape index (κ1) is 12.2. The maximum absolute atomic E-state index is 10.1. The van der Waals surface area contributed by atoms with E-state index in [9.17, 15) is 9.59 Å². The molecule has 1 N–H and O–H groups in total. The first-order valence-corrected chi connectivity index (χ1v) is 2.15. The standard InChI is InChI=1S/C5H6O4.Mg.2H/c1-9-5(8)3-2-4(6)7;;;/h2-3H,1H3,(H,6,7);;;/q;+2;2*-1/b3-2+;;;. The van der Waals surface area contributed by atoms with Crippen molar-refractivity contribution in [2.45, 2.75) is 0 Å². The molecule has 0 fully saturated rings. The second-order valence-electron chi connectivity index (χ2n) is 1.19. The molecule has 0 rings (SSSR count). The molecule has 0 aliphatic rings. The van der Waals surface area contributed by atoms with Crippen molar-refractivity contribution in [2.75, 3.05) is 7.11 Å². The average Bonchev–Trinajstić information content (AvgIpc) is 1.83. The SMILES string of the molecule is COC(=O)/C=C/C(=O)O.[H-].[H-].[Mg+2]. The van der Waals surface area contributed by atoms with Crippen molar-refractivity contribution in [3.8, 4) is 0 Å². The Labute approximate surface area is 77.0 Å². The normalized spacial score (nSPS) is 8.50. The van der Waals surface area contributed by atoms with Gasteiger partial charge in [-0.3, -0.25) is 0 Å². The molecule has 0 saturated heterocycles. The number of hydrogen-bond donors (Lipinski definition) is 1. The van der Waals surface area contributed by atoms with Gasteiger partial charge < -0.3 is 12.7 Å². The number of esters is 1. The maximum atomic E-state index is 10.1. The number of carbonyl (C=O) groups is 2. The molecule has 0 aromatic carbocycles. The number of aliphatic carboxylic acids is 1. The van der Waals surface area contributed by atoms with Crippen molar-refractivity contribution >= 4 is 35.0 Å². The van der Waals surface area contributed by atoms with Gasteiger partial charge in [-0.25, -0.2) is 9.59 Å². The summed E-state index contributed by atoms with van der Waals surface area (Å²) in [5.74, 6) is -1.84. The van der Waals surface area contributed by atoms with Crippen molar-refractivity contribution in [1.29, 1.82) is 0 Å². The van der Waals surface area contributed by atoms with Gasteiger partial charge in [0.1, 0.15) is 0 Å². The molecule has 0 aromatic heterocycles. The quantitative estimate of drug-likeness (QED) is 0.337. The predicted molar refractivity (Wildman–Crippen MR) is 36.8 cm³/mol. The van der Waals surface area contributed by atoms with Gasteiger partial charge in [0, 0.05) is 12.2 Å². The van der Waals surface area contributed by atoms with E-state index in [1.165, 1.54) is 7.11 Å². The van der Waals surface area contributed by atoms with Crippen molar-refractivity contribution < 1.29 is 22.3 Å². The largest absolute Gasteiger partial charge is 2.00 e. The van der Waals surface area contributed by atoms with Gasteiger partial charge in [-0.05, 0) is 0 Å². The summed E-state index contributed by atoms with van der Waals surface area (Å²) in [6, 6.07) is 0. The Hall–Kier alpha value is -0.554. The number of rotatable bonds is 2. The number of methoxy groups -OCH3 is 1. The molecular formula is C5H8MgO4. The van der Waals surface area contributed by atoms with Crippen LogP contribution >= 0.6 is 0 Å². The molecule has 0 aromatic rings. The zero-order chi connectivity index (χ0) is 7.28. The van der Waals surface area contributed by atoms with Gasteiger partial charge in [-0.2, -0.15) is 0 Å². The van der Waals surface area contributed by atoms with Crippen molar-refractivity contribution in [1.82, 2.24) is 0 Å². The summed E-state index contributed by atoms with van der Waals surface area (Å²) in [7, 11) is 1.18. The van der Waals surface area contributed by atoms with Gasteiger partial charge in [0.25, 0.3) is 0 Å². The van der Waals surface area contributed by atoms with Crippen LogP contribution in [0.5, 0.6) is 0 Å². The number of carboxylic acid groups (broad SMARTS) is 1. The van der Waals surface area contributed by atoms with Crippen LogP contribution in [0.3, 0.4) is 0 Å². The van der Waals surface area contributed by atoms with Crippen LogP contribution in [0.4, 0.5) is 0 Å². The molecular weight excluding hydrogens is 148 g/mol. The van der Waals surface area contributed by atoms with Crippen LogP contribution in [0.25, 0.3) is 0 Å². The van der Waals surface area contributed by atoms with Crippen molar-refractivity contribution in [3.05, 3.63) is 12.2 Å². The van der Waals surface area contributed by atoms with Gasteiger partial charge >= 0.3 is 35.0 Å². The second-order valence-corrected chi connectivity index (χ2v) is 1.19. The average molecular weight is 156 g/mol. The number of carboxylic acids is 1. The van der Waals surface area contributed by atoms with Gasteiger partial charge in [0.2, 0.25) is 0 Å². The summed E-state index contributed by atoms with van der Waals surface area (Å²) < 4.78 is 4.11. The monoisotopic (exact) mass is 156 g/mol. The molecule has 54 valence electrons. The van der Waals surface area contributed by atoms with Crippen LogP contribution in [-0.2, 0) is 14.3 Å². The van der Waals surface area contributed by atoms with E-state index in [0.717, 1.165) is 6.08 Å². The Morgan fingerprint density at radius 2 is 2.00 bits per heavy atom. The molecule has 10 heavy (non-hydrogen) atoms. The summed E-state index contributed by atoms with van der Waals surface area (Å²) in [6.07, 6.45) is 1.55. The fourth-order valence-corrected chi connectivity index (χ4v) is 0.207. The molecule has 0 spiro atoms. The predicted octanol–water partition coefficient (Wildman–Crippen LogP) is -0.356. The molecule has 0 aliphatic heterocycles. The zero-order valence-corrected chi connectivity index (χ0v) is 6.95. The third-order valence-corrected chi connectivity index (χ3v) is 0.563. The van der Waals surface area contributed by atoms with E-state index in [4.69, 9.17) is 5.11 Å². The summed E-state index contributed by atoms with van der Waals surface area (Å²) in [6.45, 7) is 0. The number of carbonyl (C=O) groups excluding carboxylic acids is 1. The molecule has 0 aliphatic carbocycles. The fourth-order valence-electron chi connectivity index (χ4n) is 0.207. The maximum Gasteiger partial charge on any atom is 2.00 e. The minimum absolute atomic E-state index is 0. The third kappa shape index (κ3) is 7.45. The molecule has 5 heteroatoms. The Kier molecular flexibility index (Phi) is 7.98. The Bertz CT molecular complexity index is 160. The minimum Gasteiger partial charge on any atom is -1.00 e. The van der Waals surface area contributed by atoms with E-state index in [1.54, 1.807) is 0 Å². The Morgan fingerprint density at radius 1 is 1.50 bits per heavy atom. The van der Waals surface area contributed by atoms with Crippen LogP contribution < -0.4 is 0 Å². The molecule has 0 heterocycles. The minimum atomic E-state index is -1.17. The summed E-state index contributed by atoms with van der Waals surface area (Å²) >= 11 is 0. The van der Waals surface area contributed by atoms with Crippen LogP contribution in [0.2, 0.25) is 0 Å². The van der Waals surface area contributed by atoms with Gasteiger partial charge in [-0.1, -0.05) is 0 Å². The number of ether oxygens (including phenoxy) is 1. The van der Waals surface area contributed by atoms with E-state index < -0.39 is 11.9 Å². The third-order valence-electron chi connectivity index (χ3n) is 0.563. The van der Waals surface area contributed by atoms with E-state index in [0.29, 0.717) is 6.08 Å². The molecule has 0 atom stereocenters. The van der Waals surface area contributed by atoms with Crippen LogP contribution in [0.1, 0.15) is 2.85 Å².